The fraction of sp³-hybridized carbons (Fsp3) is 0.429. The molecular formula is C35H44ClN5O. The highest BCUT2D eigenvalue weighted by Crippen LogP contribution is 2.27. The first-order valence-electron chi connectivity index (χ1n) is 15.5. The Morgan fingerprint density at radius 2 is 1.67 bits per heavy atom. The fourth-order valence-corrected chi connectivity index (χ4v) is 6.22. The van der Waals surface area contributed by atoms with Crippen LogP contribution in [0.1, 0.15) is 60.9 Å². The van der Waals surface area contributed by atoms with Crippen LogP contribution in [0.15, 0.2) is 78.9 Å². The summed E-state index contributed by atoms with van der Waals surface area (Å²) >= 11 is 6.22. The number of halogens is 1. The predicted octanol–water partition coefficient (Wildman–Crippen LogP) is 7.34. The van der Waals surface area contributed by atoms with Gasteiger partial charge in [0.05, 0.1) is 11.0 Å². The van der Waals surface area contributed by atoms with Gasteiger partial charge < -0.3 is 19.3 Å². The Morgan fingerprint density at radius 3 is 2.45 bits per heavy atom. The summed E-state index contributed by atoms with van der Waals surface area (Å²) in [5.74, 6) is 1.40. The van der Waals surface area contributed by atoms with E-state index in [1.165, 1.54) is 30.3 Å². The van der Waals surface area contributed by atoms with Gasteiger partial charge in [-0.25, -0.2) is 4.98 Å². The van der Waals surface area contributed by atoms with Gasteiger partial charge in [-0.3, -0.25) is 4.79 Å². The molecule has 1 unspecified atom stereocenters. The number of carbonyl (C=O) groups excluding carboxylic acids is 1. The Hall–Kier alpha value is -3.35. The number of para-hydroxylation sites is 2. The van der Waals surface area contributed by atoms with E-state index >= 15 is 0 Å². The molecule has 3 aromatic carbocycles. The van der Waals surface area contributed by atoms with Crippen molar-refractivity contribution >= 4 is 34.5 Å². The molecule has 1 atom stereocenters. The van der Waals surface area contributed by atoms with Gasteiger partial charge in [-0.1, -0.05) is 73.8 Å². The van der Waals surface area contributed by atoms with Gasteiger partial charge in [0.25, 0.3) is 5.91 Å². The normalized spacial score (nSPS) is 15.1. The van der Waals surface area contributed by atoms with Crippen molar-refractivity contribution in [2.75, 3.05) is 51.2 Å². The second-order valence-electron chi connectivity index (χ2n) is 11.5. The van der Waals surface area contributed by atoms with Gasteiger partial charge in [-0.15, -0.1) is 0 Å². The predicted molar refractivity (Wildman–Crippen MR) is 175 cm³/mol. The number of hydrogen-bond acceptors (Lipinski definition) is 4. The summed E-state index contributed by atoms with van der Waals surface area (Å²) < 4.78 is 2.44. The molecule has 1 aliphatic heterocycles. The van der Waals surface area contributed by atoms with Crippen LogP contribution in [0.25, 0.3) is 11.0 Å². The summed E-state index contributed by atoms with van der Waals surface area (Å²) in [4.78, 5) is 25.2. The number of imidazole rings is 1. The smallest absolute Gasteiger partial charge is 0.253 e. The molecule has 1 amide bonds. The Morgan fingerprint density at radius 1 is 0.905 bits per heavy atom. The third-order valence-electron chi connectivity index (χ3n) is 8.49. The first kappa shape index (κ1) is 30.1. The van der Waals surface area contributed by atoms with E-state index < -0.39 is 0 Å². The minimum absolute atomic E-state index is 0.0572. The molecule has 1 aromatic heterocycles. The summed E-state index contributed by atoms with van der Waals surface area (Å²) in [6.45, 7) is 8.98. The van der Waals surface area contributed by atoms with Gasteiger partial charge in [0.2, 0.25) is 5.95 Å². The molecule has 0 bridgehead atoms. The zero-order chi connectivity index (χ0) is 29.3. The van der Waals surface area contributed by atoms with Gasteiger partial charge in [0.15, 0.2) is 0 Å². The summed E-state index contributed by atoms with van der Waals surface area (Å²) in [7, 11) is 1.91. The lowest BCUT2D eigenvalue weighted by Gasteiger charge is -2.28. The van der Waals surface area contributed by atoms with E-state index in [1.54, 1.807) is 0 Å². The molecule has 0 spiro atoms. The number of fused-ring (bicyclic) bond motifs is 1. The number of carbonyl (C=O) groups is 1. The lowest BCUT2D eigenvalue weighted by molar-refractivity contribution is 0.0782. The van der Waals surface area contributed by atoms with Crippen molar-refractivity contribution in [2.45, 2.75) is 51.5 Å². The zero-order valence-corrected chi connectivity index (χ0v) is 25.8. The van der Waals surface area contributed by atoms with Gasteiger partial charge in [-0.05, 0) is 74.3 Å². The standard InChI is InChI=1S/C35H44ClN5O/c1-3-4-10-23-41-33-15-9-8-14-32(33)37-35(41)40-22-11-21-39(25-26-40)24-20-30(28-16-18-31(36)19-17-28)27-38(2)34(42)29-12-6-5-7-13-29/h5-9,12-19,30H,3-4,10-11,20-27H2,1-2H3. The van der Waals surface area contributed by atoms with E-state index in [2.05, 4.69) is 57.7 Å². The van der Waals surface area contributed by atoms with Crippen LogP contribution in [0.2, 0.25) is 5.02 Å². The minimum Gasteiger partial charge on any atom is -0.341 e. The molecule has 0 N–H and O–H groups in total. The number of hydrogen-bond donors (Lipinski definition) is 0. The van der Waals surface area contributed by atoms with Gasteiger partial charge in [-0.2, -0.15) is 0 Å². The van der Waals surface area contributed by atoms with E-state index in [1.807, 2.05) is 54.4 Å². The SMILES string of the molecule is CCCCCn1c(N2CCCN(CCC(CN(C)C(=O)c3ccccc3)c3ccc(Cl)cc3)CC2)nc2ccccc21. The molecule has 0 aliphatic carbocycles. The molecule has 0 saturated carbocycles. The number of amides is 1. The Bertz CT molecular complexity index is 1420. The first-order chi connectivity index (χ1) is 20.5. The van der Waals surface area contributed by atoms with Crippen LogP contribution < -0.4 is 4.90 Å². The molecule has 1 saturated heterocycles. The molecule has 0 radical (unpaired) electrons. The van der Waals surface area contributed by atoms with Crippen LogP contribution in [0.5, 0.6) is 0 Å². The molecular weight excluding hydrogens is 542 g/mol. The summed E-state index contributed by atoms with van der Waals surface area (Å²) in [5.41, 5.74) is 4.28. The number of nitrogens with zero attached hydrogens (tertiary/aromatic N) is 5. The number of anilines is 1. The topological polar surface area (TPSA) is 44.6 Å². The number of benzene rings is 3. The number of unbranched alkanes of at least 4 members (excludes halogenated alkanes) is 2. The average molecular weight is 586 g/mol. The Balaban J connectivity index is 1.25. The van der Waals surface area contributed by atoms with Crippen LogP contribution in [0.4, 0.5) is 5.95 Å². The van der Waals surface area contributed by atoms with Crippen molar-refractivity contribution in [1.82, 2.24) is 19.4 Å². The van der Waals surface area contributed by atoms with Crippen molar-refractivity contribution in [3.05, 3.63) is 95.0 Å². The van der Waals surface area contributed by atoms with E-state index in [4.69, 9.17) is 16.6 Å². The molecule has 7 heteroatoms. The molecule has 6 nitrogen and oxygen atoms in total. The third-order valence-corrected chi connectivity index (χ3v) is 8.74. The molecule has 2 heterocycles. The molecule has 4 aromatic rings. The Kier molecular flexibility index (Phi) is 10.5. The first-order valence-corrected chi connectivity index (χ1v) is 15.9. The summed E-state index contributed by atoms with van der Waals surface area (Å²) in [5, 5.41) is 0.736. The molecule has 42 heavy (non-hydrogen) atoms. The van der Waals surface area contributed by atoms with Crippen LogP contribution in [-0.2, 0) is 6.54 Å². The van der Waals surface area contributed by atoms with Crippen molar-refractivity contribution in [2.24, 2.45) is 0 Å². The highest BCUT2D eigenvalue weighted by atomic mass is 35.5. The lowest BCUT2D eigenvalue weighted by Crippen LogP contribution is -2.35. The second kappa shape index (κ2) is 14.7. The van der Waals surface area contributed by atoms with Crippen LogP contribution in [-0.4, -0.2) is 71.6 Å². The van der Waals surface area contributed by atoms with Crippen molar-refractivity contribution in [3.63, 3.8) is 0 Å². The maximum Gasteiger partial charge on any atom is 0.253 e. The molecule has 5 rings (SSSR count). The molecule has 1 fully saturated rings. The third kappa shape index (κ3) is 7.53. The van der Waals surface area contributed by atoms with Crippen molar-refractivity contribution in [1.29, 1.82) is 0 Å². The molecule has 222 valence electrons. The van der Waals surface area contributed by atoms with E-state index in [0.29, 0.717) is 6.54 Å². The highest BCUT2D eigenvalue weighted by molar-refractivity contribution is 6.30. The summed E-state index contributed by atoms with van der Waals surface area (Å²) in [6, 6.07) is 26.2. The van der Waals surface area contributed by atoms with Gasteiger partial charge in [0.1, 0.15) is 0 Å². The zero-order valence-electron chi connectivity index (χ0n) is 25.1. The number of aryl methyl sites for hydroxylation is 1. The number of likely N-dealkylation sites (N-methyl/N-ethyl adjacent to an activating group) is 1. The van der Waals surface area contributed by atoms with Crippen molar-refractivity contribution < 1.29 is 4.79 Å². The maximum absolute atomic E-state index is 13.1. The van der Waals surface area contributed by atoms with E-state index in [0.717, 1.165) is 74.2 Å². The van der Waals surface area contributed by atoms with Gasteiger partial charge in [0, 0.05) is 56.3 Å². The summed E-state index contributed by atoms with van der Waals surface area (Å²) in [6.07, 6.45) is 5.71. The van der Waals surface area contributed by atoms with E-state index in [9.17, 15) is 4.79 Å². The minimum atomic E-state index is 0.0572. The quantitative estimate of drug-likeness (QED) is 0.163. The lowest BCUT2D eigenvalue weighted by atomic mass is 9.94. The van der Waals surface area contributed by atoms with Crippen LogP contribution >= 0.6 is 11.6 Å². The molecule has 1 aliphatic rings. The second-order valence-corrected chi connectivity index (χ2v) is 12.0. The monoisotopic (exact) mass is 585 g/mol. The number of rotatable bonds is 12. The highest BCUT2D eigenvalue weighted by Gasteiger charge is 2.23. The number of aromatic nitrogens is 2. The largest absolute Gasteiger partial charge is 0.341 e. The average Bonchev–Trinajstić information content (AvgIpc) is 3.21. The Labute approximate surface area is 255 Å². The van der Waals surface area contributed by atoms with Crippen molar-refractivity contribution in [3.8, 4) is 0 Å². The van der Waals surface area contributed by atoms with Crippen LogP contribution in [0.3, 0.4) is 0 Å². The maximum atomic E-state index is 13.1. The van der Waals surface area contributed by atoms with E-state index in [-0.39, 0.29) is 11.8 Å². The van der Waals surface area contributed by atoms with Crippen LogP contribution in [0, 0.1) is 0 Å². The fourth-order valence-electron chi connectivity index (χ4n) is 6.09. The van der Waals surface area contributed by atoms with Gasteiger partial charge >= 0.3 is 0 Å².